The fraction of sp³-hybridized carbons (Fsp3) is 0.0526. The molecule has 1 heteroatoms. The van der Waals surface area contributed by atoms with Gasteiger partial charge in [-0.15, -0.1) is 5.73 Å². The Labute approximate surface area is 119 Å². The molecule has 96 valence electrons. The fourth-order valence-corrected chi connectivity index (χ4v) is 2.16. The first kappa shape index (κ1) is 12.4. The molecule has 0 amide bonds. The van der Waals surface area contributed by atoms with Crippen LogP contribution in [0.4, 0.5) is 5.69 Å². The van der Waals surface area contributed by atoms with Crippen LogP contribution in [-0.4, -0.2) is 5.71 Å². The van der Waals surface area contributed by atoms with Crippen molar-refractivity contribution in [3.8, 4) is 0 Å². The van der Waals surface area contributed by atoms with Crippen LogP contribution in [0.25, 0.3) is 0 Å². The number of allylic oxidation sites excluding steroid dienone is 3. The van der Waals surface area contributed by atoms with Crippen LogP contribution in [0.3, 0.4) is 0 Å². The van der Waals surface area contributed by atoms with Crippen LogP contribution in [0.1, 0.15) is 12.0 Å². The molecule has 0 bridgehead atoms. The zero-order chi connectivity index (χ0) is 13.6. The second kappa shape index (κ2) is 6.01. The van der Waals surface area contributed by atoms with Crippen molar-refractivity contribution in [2.75, 3.05) is 0 Å². The van der Waals surface area contributed by atoms with Gasteiger partial charge < -0.3 is 0 Å². The summed E-state index contributed by atoms with van der Waals surface area (Å²) in [6, 6.07) is 20.3. The van der Waals surface area contributed by atoms with Crippen molar-refractivity contribution < 1.29 is 0 Å². The number of rotatable bonds is 3. The number of para-hydroxylation sites is 1. The summed E-state index contributed by atoms with van der Waals surface area (Å²) in [6.45, 7) is 0. The Morgan fingerprint density at radius 1 is 0.900 bits per heavy atom. The highest BCUT2D eigenvalue weighted by molar-refractivity contribution is 6.13. The lowest BCUT2D eigenvalue weighted by Gasteiger charge is -2.09. The van der Waals surface area contributed by atoms with E-state index in [0.717, 1.165) is 29.0 Å². The van der Waals surface area contributed by atoms with E-state index < -0.39 is 0 Å². The number of hydrogen-bond donors (Lipinski definition) is 0. The molecule has 1 aliphatic carbocycles. The molecule has 0 saturated heterocycles. The summed E-state index contributed by atoms with van der Waals surface area (Å²) < 4.78 is 0. The van der Waals surface area contributed by atoms with E-state index in [1.165, 1.54) is 0 Å². The van der Waals surface area contributed by atoms with Crippen LogP contribution >= 0.6 is 0 Å². The van der Waals surface area contributed by atoms with Gasteiger partial charge in [0.15, 0.2) is 0 Å². The SMILES string of the molecule is C1=CC=CCC=1C(=Nc1ccccc1)c1ccccc1. The van der Waals surface area contributed by atoms with E-state index in [-0.39, 0.29) is 0 Å². The molecule has 0 atom stereocenters. The maximum absolute atomic E-state index is 4.82. The monoisotopic (exact) mass is 257 g/mol. The lowest BCUT2D eigenvalue weighted by atomic mass is 9.98. The van der Waals surface area contributed by atoms with Crippen molar-refractivity contribution in [2.45, 2.75) is 6.42 Å². The Hall–Kier alpha value is -2.63. The van der Waals surface area contributed by atoms with Gasteiger partial charge in [0.05, 0.1) is 11.4 Å². The second-order valence-electron chi connectivity index (χ2n) is 4.58. The minimum absolute atomic E-state index is 0.872. The molecule has 1 aliphatic rings. The number of hydrogen-bond acceptors (Lipinski definition) is 1. The first-order valence-corrected chi connectivity index (χ1v) is 6.74. The predicted octanol–water partition coefficient (Wildman–Crippen LogP) is 4.85. The molecule has 0 aromatic heterocycles. The Balaban J connectivity index is 2.09. The van der Waals surface area contributed by atoms with Gasteiger partial charge in [-0.05, 0) is 18.2 Å². The maximum atomic E-state index is 4.82. The smallest absolute Gasteiger partial charge is 0.0821 e. The predicted molar refractivity (Wildman–Crippen MR) is 84.4 cm³/mol. The van der Waals surface area contributed by atoms with E-state index in [2.05, 4.69) is 23.9 Å². The van der Waals surface area contributed by atoms with Gasteiger partial charge >= 0.3 is 0 Å². The zero-order valence-corrected chi connectivity index (χ0v) is 11.2. The molecule has 0 saturated carbocycles. The molecule has 0 spiro atoms. The van der Waals surface area contributed by atoms with Crippen LogP contribution in [0, 0.1) is 0 Å². The maximum Gasteiger partial charge on any atom is 0.0821 e. The summed E-state index contributed by atoms with van der Waals surface area (Å²) in [5, 5.41) is 0. The van der Waals surface area contributed by atoms with Crippen LogP contribution in [0.2, 0.25) is 0 Å². The van der Waals surface area contributed by atoms with Gasteiger partial charge in [0, 0.05) is 17.6 Å². The molecular formula is C19H15N. The van der Waals surface area contributed by atoms with Crippen LogP contribution in [0.15, 0.2) is 95.2 Å². The van der Waals surface area contributed by atoms with E-state index >= 15 is 0 Å². The molecule has 2 aromatic carbocycles. The van der Waals surface area contributed by atoms with Gasteiger partial charge in [-0.25, -0.2) is 4.99 Å². The summed E-state index contributed by atoms with van der Waals surface area (Å²) in [5.41, 5.74) is 7.53. The number of nitrogens with zero attached hydrogens (tertiary/aromatic N) is 1. The van der Waals surface area contributed by atoms with Crippen LogP contribution in [-0.2, 0) is 0 Å². The van der Waals surface area contributed by atoms with Crippen molar-refractivity contribution >= 4 is 11.4 Å². The van der Waals surface area contributed by atoms with Gasteiger partial charge in [-0.1, -0.05) is 60.7 Å². The Morgan fingerprint density at radius 3 is 2.25 bits per heavy atom. The average Bonchev–Trinajstić information content (AvgIpc) is 2.55. The highest BCUT2D eigenvalue weighted by Gasteiger charge is 2.09. The number of benzene rings is 2. The molecule has 0 N–H and O–H groups in total. The molecular weight excluding hydrogens is 242 g/mol. The third kappa shape index (κ3) is 2.85. The third-order valence-corrected chi connectivity index (χ3v) is 3.14. The van der Waals surface area contributed by atoms with E-state index in [9.17, 15) is 0 Å². The highest BCUT2D eigenvalue weighted by Crippen LogP contribution is 2.20. The van der Waals surface area contributed by atoms with Crippen molar-refractivity contribution in [3.05, 3.63) is 95.8 Å². The summed E-state index contributed by atoms with van der Waals surface area (Å²) in [5.74, 6) is 0. The van der Waals surface area contributed by atoms with Crippen LogP contribution in [0.5, 0.6) is 0 Å². The molecule has 1 nitrogen and oxygen atoms in total. The standard InChI is InChI=1S/C19H15N/c1-4-10-16(11-5-1)19(17-12-6-2-7-13-17)20-18-14-8-3-9-15-18/h1-11,14-15H,12H2. The molecule has 3 rings (SSSR count). The minimum Gasteiger partial charge on any atom is -0.247 e. The summed E-state index contributed by atoms with van der Waals surface area (Å²) in [4.78, 5) is 4.82. The quantitative estimate of drug-likeness (QED) is 0.550. The molecule has 0 fully saturated rings. The zero-order valence-electron chi connectivity index (χ0n) is 11.2. The minimum atomic E-state index is 0.872. The molecule has 2 aromatic rings. The lowest BCUT2D eigenvalue weighted by molar-refractivity contribution is 1.29. The fourth-order valence-electron chi connectivity index (χ4n) is 2.16. The molecule has 0 radical (unpaired) electrons. The topological polar surface area (TPSA) is 12.4 Å². The van der Waals surface area contributed by atoms with E-state index in [1.807, 2.05) is 60.7 Å². The molecule has 20 heavy (non-hydrogen) atoms. The third-order valence-electron chi connectivity index (χ3n) is 3.14. The van der Waals surface area contributed by atoms with Crippen LogP contribution < -0.4 is 0 Å². The summed E-state index contributed by atoms with van der Waals surface area (Å²) in [6.07, 6.45) is 6.98. The Kier molecular flexibility index (Phi) is 3.73. The van der Waals surface area contributed by atoms with E-state index in [0.29, 0.717) is 0 Å². The second-order valence-corrected chi connectivity index (χ2v) is 4.58. The van der Waals surface area contributed by atoms with Gasteiger partial charge in [-0.2, -0.15) is 0 Å². The molecule has 0 unspecified atom stereocenters. The molecule has 0 aliphatic heterocycles. The van der Waals surface area contributed by atoms with Gasteiger partial charge in [0.1, 0.15) is 0 Å². The average molecular weight is 257 g/mol. The Morgan fingerprint density at radius 2 is 1.60 bits per heavy atom. The van der Waals surface area contributed by atoms with Gasteiger partial charge in [0.25, 0.3) is 0 Å². The van der Waals surface area contributed by atoms with Gasteiger partial charge in [0.2, 0.25) is 0 Å². The first-order chi connectivity index (χ1) is 9.93. The number of aliphatic imine (C=N–C) groups is 1. The lowest BCUT2D eigenvalue weighted by Crippen LogP contribution is -2.04. The van der Waals surface area contributed by atoms with Crippen molar-refractivity contribution in [2.24, 2.45) is 4.99 Å². The van der Waals surface area contributed by atoms with Crippen molar-refractivity contribution in [3.63, 3.8) is 0 Å². The van der Waals surface area contributed by atoms with Crippen molar-refractivity contribution in [1.29, 1.82) is 0 Å². The van der Waals surface area contributed by atoms with E-state index in [4.69, 9.17) is 4.99 Å². The first-order valence-electron chi connectivity index (χ1n) is 6.74. The Bertz CT molecular complexity index is 700. The highest BCUT2D eigenvalue weighted by atomic mass is 14.7. The van der Waals surface area contributed by atoms with Gasteiger partial charge in [-0.3, -0.25) is 0 Å². The summed E-state index contributed by atoms with van der Waals surface area (Å²) >= 11 is 0. The van der Waals surface area contributed by atoms with Crippen molar-refractivity contribution in [1.82, 2.24) is 0 Å². The van der Waals surface area contributed by atoms with E-state index in [1.54, 1.807) is 0 Å². The summed E-state index contributed by atoms with van der Waals surface area (Å²) in [7, 11) is 0. The largest absolute Gasteiger partial charge is 0.247 e. The molecule has 0 heterocycles. The normalized spacial score (nSPS) is 14.2.